The third-order valence-electron chi connectivity index (χ3n) is 2.86. The quantitative estimate of drug-likeness (QED) is 0.837. The lowest BCUT2D eigenvalue weighted by Crippen LogP contribution is -2.17. The first-order chi connectivity index (χ1) is 7.76. The number of methoxy groups -OCH3 is 2. The number of ether oxygens (including phenoxy) is 2. The molecular weight excluding hydrogens is 206 g/mol. The molecule has 1 aliphatic heterocycles. The van der Waals surface area contributed by atoms with E-state index in [4.69, 9.17) is 9.47 Å². The van der Waals surface area contributed by atoms with E-state index < -0.39 is 0 Å². The van der Waals surface area contributed by atoms with Crippen molar-refractivity contribution in [2.45, 2.75) is 12.3 Å². The summed E-state index contributed by atoms with van der Waals surface area (Å²) in [5, 5.41) is 2.82. The van der Waals surface area contributed by atoms with E-state index in [1.54, 1.807) is 14.2 Å². The van der Waals surface area contributed by atoms with Crippen molar-refractivity contribution in [1.82, 2.24) is 5.32 Å². The van der Waals surface area contributed by atoms with Crippen molar-refractivity contribution in [3.05, 3.63) is 23.8 Å². The molecule has 1 atom stereocenters. The van der Waals surface area contributed by atoms with Gasteiger partial charge in [0.1, 0.15) is 0 Å². The van der Waals surface area contributed by atoms with Gasteiger partial charge in [0.2, 0.25) is 5.91 Å². The molecular formula is C12H15NO3. The molecule has 0 bridgehead atoms. The zero-order valence-corrected chi connectivity index (χ0v) is 9.45. The molecule has 1 aromatic carbocycles. The normalized spacial score (nSPS) is 19.4. The van der Waals surface area contributed by atoms with Crippen molar-refractivity contribution in [2.75, 3.05) is 20.8 Å². The molecule has 0 spiro atoms. The molecule has 4 nitrogen and oxygen atoms in total. The van der Waals surface area contributed by atoms with Gasteiger partial charge in [-0.25, -0.2) is 0 Å². The summed E-state index contributed by atoms with van der Waals surface area (Å²) in [5.41, 5.74) is 0.979. The highest BCUT2D eigenvalue weighted by Crippen LogP contribution is 2.32. The molecule has 1 N–H and O–H groups in total. The highest BCUT2D eigenvalue weighted by molar-refractivity contribution is 5.85. The molecule has 86 valence electrons. The lowest BCUT2D eigenvalue weighted by atomic mass is 9.97. The SMILES string of the molecule is COc1ccc(C2CCNC2=O)cc1OC. The van der Waals surface area contributed by atoms with Crippen LogP contribution in [0.5, 0.6) is 11.5 Å². The average molecular weight is 221 g/mol. The minimum atomic E-state index is -0.0557. The summed E-state index contributed by atoms with van der Waals surface area (Å²) in [6.07, 6.45) is 0.842. The van der Waals surface area contributed by atoms with Crippen LogP contribution in [-0.2, 0) is 4.79 Å². The highest BCUT2D eigenvalue weighted by atomic mass is 16.5. The highest BCUT2D eigenvalue weighted by Gasteiger charge is 2.26. The standard InChI is InChI=1S/C12H15NO3/c1-15-10-4-3-8(7-11(10)16-2)9-5-6-13-12(9)14/h3-4,7,9H,5-6H2,1-2H3,(H,13,14). The predicted octanol–water partition coefficient (Wildman–Crippen LogP) is 1.31. The summed E-state index contributed by atoms with van der Waals surface area (Å²) in [4.78, 5) is 11.5. The molecule has 0 radical (unpaired) electrons. The van der Waals surface area contributed by atoms with Crippen LogP contribution in [0.15, 0.2) is 18.2 Å². The van der Waals surface area contributed by atoms with Gasteiger partial charge in [0.05, 0.1) is 20.1 Å². The molecule has 0 aliphatic carbocycles. The minimum absolute atomic E-state index is 0.0557. The van der Waals surface area contributed by atoms with Gasteiger partial charge in [-0.3, -0.25) is 4.79 Å². The Bertz CT molecular complexity index is 403. The summed E-state index contributed by atoms with van der Waals surface area (Å²) >= 11 is 0. The van der Waals surface area contributed by atoms with Crippen molar-refractivity contribution in [3.63, 3.8) is 0 Å². The third-order valence-corrected chi connectivity index (χ3v) is 2.86. The van der Waals surface area contributed by atoms with Gasteiger partial charge in [0.15, 0.2) is 11.5 Å². The van der Waals surface area contributed by atoms with Crippen molar-refractivity contribution in [2.24, 2.45) is 0 Å². The Morgan fingerprint density at radius 3 is 2.56 bits per heavy atom. The molecule has 16 heavy (non-hydrogen) atoms. The van der Waals surface area contributed by atoms with Crippen LogP contribution in [0.2, 0.25) is 0 Å². The van der Waals surface area contributed by atoms with Gasteiger partial charge in [0, 0.05) is 6.54 Å². The van der Waals surface area contributed by atoms with Crippen molar-refractivity contribution in [3.8, 4) is 11.5 Å². The summed E-state index contributed by atoms with van der Waals surface area (Å²) in [6.45, 7) is 0.748. The Morgan fingerprint density at radius 2 is 2.00 bits per heavy atom. The Balaban J connectivity index is 2.32. The van der Waals surface area contributed by atoms with E-state index in [0.717, 1.165) is 18.5 Å². The van der Waals surface area contributed by atoms with E-state index >= 15 is 0 Å². The van der Waals surface area contributed by atoms with Gasteiger partial charge in [0.25, 0.3) is 0 Å². The van der Waals surface area contributed by atoms with E-state index in [9.17, 15) is 4.79 Å². The van der Waals surface area contributed by atoms with Gasteiger partial charge in [-0.05, 0) is 24.1 Å². The third kappa shape index (κ3) is 1.83. The Hall–Kier alpha value is -1.71. The van der Waals surface area contributed by atoms with E-state index in [0.29, 0.717) is 11.5 Å². The number of carbonyl (C=O) groups excluding carboxylic acids is 1. The topological polar surface area (TPSA) is 47.6 Å². The van der Waals surface area contributed by atoms with Crippen LogP contribution in [0.4, 0.5) is 0 Å². The first-order valence-corrected chi connectivity index (χ1v) is 5.26. The second-order valence-electron chi connectivity index (χ2n) is 3.75. The van der Waals surface area contributed by atoms with Crippen LogP contribution in [0.3, 0.4) is 0 Å². The second-order valence-corrected chi connectivity index (χ2v) is 3.75. The molecule has 4 heteroatoms. The number of hydrogen-bond acceptors (Lipinski definition) is 3. The summed E-state index contributed by atoms with van der Waals surface area (Å²) in [7, 11) is 3.19. The fraction of sp³-hybridized carbons (Fsp3) is 0.417. The van der Waals surface area contributed by atoms with Crippen LogP contribution in [-0.4, -0.2) is 26.7 Å². The number of hydrogen-bond donors (Lipinski definition) is 1. The van der Waals surface area contributed by atoms with Crippen LogP contribution in [0, 0.1) is 0 Å². The zero-order chi connectivity index (χ0) is 11.5. The van der Waals surface area contributed by atoms with Crippen molar-refractivity contribution in [1.29, 1.82) is 0 Å². The van der Waals surface area contributed by atoms with Crippen LogP contribution in [0.25, 0.3) is 0 Å². The van der Waals surface area contributed by atoms with Gasteiger partial charge < -0.3 is 14.8 Å². The van der Waals surface area contributed by atoms with Crippen LogP contribution in [0.1, 0.15) is 17.9 Å². The fourth-order valence-corrected chi connectivity index (χ4v) is 1.98. The molecule has 0 aromatic heterocycles. The molecule has 1 heterocycles. The number of benzene rings is 1. The number of rotatable bonds is 3. The second kappa shape index (κ2) is 4.43. The largest absolute Gasteiger partial charge is 0.493 e. The molecule has 1 saturated heterocycles. The lowest BCUT2D eigenvalue weighted by Gasteiger charge is -2.12. The first-order valence-electron chi connectivity index (χ1n) is 5.26. The average Bonchev–Trinajstić information content (AvgIpc) is 2.74. The minimum Gasteiger partial charge on any atom is -0.493 e. The summed E-state index contributed by atoms with van der Waals surface area (Å²) in [5.74, 6) is 1.39. The Kier molecular flexibility index (Phi) is 2.99. The Labute approximate surface area is 94.6 Å². The van der Waals surface area contributed by atoms with Gasteiger partial charge in [-0.1, -0.05) is 6.07 Å². The van der Waals surface area contributed by atoms with Crippen molar-refractivity contribution >= 4 is 5.91 Å². The van der Waals surface area contributed by atoms with E-state index in [1.165, 1.54) is 0 Å². The molecule has 0 saturated carbocycles. The van der Waals surface area contributed by atoms with Crippen molar-refractivity contribution < 1.29 is 14.3 Å². The number of amides is 1. The molecule has 1 amide bonds. The van der Waals surface area contributed by atoms with E-state index in [1.807, 2.05) is 18.2 Å². The maximum atomic E-state index is 11.5. The predicted molar refractivity (Wildman–Crippen MR) is 59.9 cm³/mol. The van der Waals surface area contributed by atoms with Crippen LogP contribution >= 0.6 is 0 Å². The maximum Gasteiger partial charge on any atom is 0.227 e. The number of carbonyl (C=O) groups is 1. The lowest BCUT2D eigenvalue weighted by molar-refractivity contribution is -0.120. The maximum absolute atomic E-state index is 11.5. The van der Waals surface area contributed by atoms with Gasteiger partial charge >= 0.3 is 0 Å². The Morgan fingerprint density at radius 1 is 1.25 bits per heavy atom. The molecule has 1 aliphatic rings. The molecule has 1 aromatic rings. The zero-order valence-electron chi connectivity index (χ0n) is 9.45. The van der Waals surface area contributed by atoms with Crippen LogP contribution < -0.4 is 14.8 Å². The smallest absolute Gasteiger partial charge is 0.227 e. The monoisotopic (exact) mass is 221 g/mol. The van der Waals surface area contributed by atoms with E-state index in [2.05, 4.69) is 5.32 Å². The molecule has 1 fully saturated rings. The van der Waals surface area contributed by atoms with E-state index in [-0.39, 0.29) is 11.8 Å². The number of nitrogens with one attached hydrogen (secondary N) is 1. The summed E-state index contributed by atoms with van der Waals surface area (Å²) < 4.78 is 10.4. The van der Waals surface area contributed by atoms with Gasteiger partial charge in [-0.15, -0.1) is 0 Å². The summed E-state index contributed by atoms with van der Waals surface area (Å²) in [6, 6.07) is 5.62. The molecule has 1 unspecified atom stereocenters. The first kappa shape index (κ1) is 10.8. The molecule has 2 rings (SSSR count). The van der Waals surface area contributed by atoms with Gasteiger partial charge in [-0.2, -0.15) is 0 Å². The fourth-order valence-electron chi connectivity index (χ4n) is 1.98.